The van der Waals surface area contributed by atoms with Gasteiger partial charge in [-0.25, -0.2) is 19.6 Å². The van der Waals surface area contributed by atoms with Crippen LogP contribution in [0.4, 0.5) is 11.6 Å². The first-order chi connectivity index (χ1) is 15.5. The van der Waals surface area contributed by atoms with Crippen LogP contribution in [0.3, 0.4) is 0 Å². The van der Waals surface area contributed by atoms with E-state index in [1.165, 1.54) is 0 Å². The number of anilines is 2. The molecule has 0 unspecified atom stereocenters. The second kappa shape index (κ2) is 8.37. The summed E-state index contributed by atoms with van der Waals surface area (Å²) in [4.78, 5) is 14.1. The Morgan fingerprint density at radius 3 is 2.69 bits per heavy atom. The molecule has 1 aromatic carbocycles. The van der Waals surface area contributed by atoms with Crippen LogP contribution in [-0.4, -0.2) is 42.0 Å². The summed E-state index contributed by atoms with van der Waals surface area (Å²) in [6.45, 7) is 2.04. The van der Waals surface area contributed by atoms with Gasteiger partial charge in [-0.3, -0.25) is 0 Å². The van der Waals surface area contributed by atoms with Crippen LogP contribution in [0.2, 0.25) is 5.02 Å². The van der Waals surface area contributed by atoms with Gasteiger partial charge in [-0.05, 0) is 49.9 Å². The molecule has 1 saturated carbocycles. The lowest BCUT2D eigenvalue weighted by Gasteiger charge is -2.17. The fourth-order valence-electron chi connectivity index (χ4n) is 4.15. The maximum absolute atomic E-state index is 9.90. The van der Waals surface area contributed by atoms with Crippen LogP contribution in [-0.2, 0) is 6.42 Å². The van der Waals surface area contributed by atoms with E-state index >= 15 is 0 Å². The minimum Gasteiger partial charge on any atom is -0.393 e. The third-order valence-corrected chi connectivity index (χ3v) is 6.12. The maximum atomic E-state index is 9.90. The second-order valence-corrected chi connectivity index (χ2v) is 8.52. The quantitative estimate of drug-likeness (QED) is 0.421. The number of nitrogens with one attached hydrogen (secondary N) is 1. The molecule has 9 heteroatoms. The fraction of sp³-hybridized carbons (Fsp3) is 0.304. The van der Waals surface area contributed by atoms with Gasteiger partial charge in [0.15, 0.2) is 5.82 Å². The van der Waals surface area contributed by atoms with Crippen molar-refractivity contribution in [1.82, 2.24) is 24.7 Å². The molecule has 0 aliphatic heterocycles. The zero-order chi connectivity index (χ0) is 22.2. The third-order valence-electron chi connectivity index (χ3n) is 5.86. The molecule has 0 saturated heterocycles. The monoisotopic (exact) mass is 449 g/mol. The molecule has 3 heterocycles. The van der Waals surface area contributed by atoms with E-state index < -0.39 is 0 Å². The van der Waals surface area contributed by atoms with E-state index in [0.717, 1.165) is 41.2 Å². The predicted molar refractivity (Wildman–Crippen MR) is 126 cm³/mol. The number of aromatic nitrogens is 5. The Bertz CT molecular complexity index is 1270. The molecule has 0 bridgehead atoms. The zero-order valence-corrected chi connectivity index (χ0v) is 18.4. The fourth-order valence-corrected chi connectivity index (χ4v) is 4.27. The number of rotatable bonds is 5. The van der Waals surface area contributed by atoms with Gasteiger partial charge in [-0.15, -0.1) is 0 Å². The molecule has 0 amide bonds. The lowest BCUT2D eigenvalue weighted by molar-refractivity contribution is 0.182. The van der Waals surface area contributed by atoms with E-state index in [-0.39, 0.29) is 12.1 Å². The van der Waals surface area contributed by atoms with Crippen LogP contribution in [0.25, 0.3) is 27.8 Å². The van der Waals surface area contributed by atoms with Gasteiger partial charge >= 0.3 is 0 Å². The lowest BCUT2D eigenvalue weighted by Crippen LogP contribution is -2.19. The molecule has 0 spiro atoms. The Morgan fingerprint density at radius 2 is 1.97 bits per heavy atom. The third kappa shape index (κ3) is 3.87. The molecule has 4 aromatic rings. The highest BCUT2D eigenvalue weighted by Gasteiger charge is 2.24. The molecule has 5 rings (SSSR count). The standard InChI is InChI=1S/C23H24ClN7O/c1-2-19-23(28-15-5-8-17(32)9-15)30-20-18(11-26-22(25)21(20)29-19)13-10-27-31(12-13)16-6-3-14(24)4-7-16/h3-4,6-7,10-12,15,17,32H,2,5,8-9H2,1H3,(H2,25,26)(H,28,30)/t15-,17+/m1/s1. The van der Waals surface area contributed by atoms with Crippen LogP contribution in [0, 0.1) is 0 Å². The number of aliphatic hydroxyl groups is 1. The predicted octanol–water partition coefficient (Wildman–Crippen LogP) is 4.00. The molecular formula is C23H24ClN7O. The Kier molecular flexibility index (Phi) is 5.40. The number of pyridine rings is 1. The zero-order valence-electron chi connectivity index (χ0n) is 17.7. The van der Waals surface area contributed by atoms with E-state index in [4.69, 9.17) is 27.3 Å². The largest absolute Gasteiger partial charge is 0.393 e. The molecule has 1 fully saturated rings. The SMILES string of the molecule is CCc1nc2c(N)ncc(-c3cnn(-c4ccc(Cl)cc4)c3)c2nc1N[C@@H]1CC[C@H](O)C1. The van der Waals surface area contributed by atoms with Crippen molar-refractivity contribution in [3.63, 3.8) is 0 Å². The summed E-state index contributed by atoms with van der Waals surface area (Å²) in [6, 6.07) is 7.65. The van der Waals surface area contributed by atoms with Gasteiger partial charge in [0.05, 0.1) is 23.7 Å². The van der Waals surface area contributed by atoms with E-state index in [1.54, 1.807) is 17.1 Å². The van der Waals surface area contributed by atoms with Crippen molar-refractivity contribution in [2.45, 2.75) is 44.8 Å². The highest BCUT2D eigenvalue weighted by Crippen LogP contribution is 2.32. The normalized spacial score (nSPS) is 18.3. The molecule has 2 atom stereocenters. The summed E-state index contributed by atoms with van der Waals surface area (Å²) in [5, 5.41) is 18.6. The first-order valence-electron chi connectivity index (χ1n) is 10.7. The van der Waals surface area contributed by atoms with E-state index in [0.29, 0.717) is 34.7 Å². The summed E-state index contributed by atoms with van der Waals surface area (Å²) in [7, 11) is 0. The molecule has 8 nitrogen and oxygen atoms in total. The van der Waals surface area contributed by atoms with Gasteiger partial charge in [0, 0.05) is 34.6 Å². The summed E-state index contributed by atoms with van der Waals surface area (Å²) >= 11 is 6.00. The molecule has 32 heavy (non-hydrogen) atoms. The van der Waals surface area contributed by atoms with Crippen LogP contribution in [0.5, 0.6) is 0 Å². The number of fused-ring (bicyclic) bond motifs is 1. The maximum Gasteiger partial charge on any atom is 0.151 e. The van der Waals surface area contributed by atoms with Gasteiger partial charge in [0.2, 0.25) is 0 Å². The minimum absolute atomic E-state index is 0.178. The molecule has 3 aromatic heterocycles. The van der Waals surface area contributed by atoms with Gasteiger partial charge in [0.1, 0.15) is 16.9 Å². The number of nitrogen functional groups attached to an aromatic ring is 1. The first-order valence-corrected chi connectivity index (χ1v) is 11.1. The Hall–Kier alpha value is -3.23. The van der Waals surface area contributed by atoms with E-state index in [2.05, 4.69) is 15.4 Å². The summed E-state index contributed by atoms with van der Waals surface area (Å²) in [5.74, 6) is 1.08. The average molecular weight is 450 g/mol. The molecule has 4 N–H and O–H groups in total. The van der Waals surface area contributed by atoms with Gasteiger partial charge in [-0.2, -0.15) is 5.10 Å². The van der Waals surface area contributed by atoms with Crippen LogP contribution < -0.4 is 11.1 Å². The lowest BCUT2D eigenvalue weighted by atomic mass is 10.1. The van der Waals surface area contributed by atoms with Crippen LogP contribution in [0.1, 0.15) is 31.9 Å². The Labute approximate surface area is 190 Å². The molecule has 0 radical (unpaired) electrons. The summed E-state index contributed by atoms with van der Waals surface area (Å²) < 4.78 is 1.78. The first kappa shape index (κ1) is 20.7. The average Bonchev–Trinajstić information content (AvgIpc) is 3.43. The topological polar surface area (TPSA) is 115 Å². The number of benzene rings is 1. The van der Waals surface area contributed by atoms with Crippen molar-refractivity contribution < 1.29 is 5.11 Å². The van der Waals surface area contributed by atoms with E-state index in [1.807, 2.05) is 37.4 Å². The van der Waals surface area contributed by atoms with Crippen molar-refractivity contribution in [3.05, 3.63) is 53.6 Å². The van der Waals surface area contributed by atoms with Crippen molar-refractivity contribution >= 4 is 34.3 Å². The molecular weight excluding hydrogens is 426 g/mol. The van der Waals surface area contributed by atoms with Gasteiger partial charge < -0.3 is 16.2 Å². The number of aliphatic hydroxyl groups excluding tert-OH is 1. The number of aryl methyl sites for hydroxylation is 1. The van der Waals surface area contributed by atoms with Crippen molar-refractivity contribution in [3.8, 4) is 16.8 Å². The smallest absolute Gasteiger partial charge is 0.151 e. The minimum atomic E-state index is -0.264. The van der Waals surface area contributed by atoms with Gasteiger partial charge in [0.25, 0.3) is 0 Å². The highest BCUT2D eigenvalue weighted by molar-refractivity contribution is 6.30. The van der Waals surface area contributed by atoms with Crippen molar-refractivity contribution in [2.75, 3.05) is 11.1 Å². The second-order valence-electron chi connectivity index (χ2n) is 8.08. The van der Waals surface area contributed by atoms with Crippen LogP contribution >= 0.6 is 11.6 Å². The number of nitrogens with zero attached hydrogens (tertiary/aromatic N) is 5. The number of halogens is 1. The van der Waals surface area contributed by atoms with Crippen molar-refractivity contribution in [1.29, 1.82) is 0 Å². The summed E-state index contributed by atoms with van der Waals surface area (Å²) in [6.07, 6.45) is 8.27. The molecule has 1 aliphatic carbocycles. The molecule has 1 aliphatic rings. The van der Waals surface area contributed by atoms with E-state index in [9.17, 15) is 5.11 Å². The Morgan fingerprint density at radius 1 is 1.16 bits per heavy atom. The highest BCUT2D eigenvalue weighted by atomic mass is 35.5. The number of hydrogen-bond acceptors (Lipinski definition) is 7. The van der Waals surface area contributed by atoms with Gasteiger partial charge in [-0.1, -0.05) is 18.5 Å². The number of nitrogens with two attached hydrogens (primary N) is 1. The van der Waals surface area contributed by atoms with Crippen LogP contribution in [0.15, 0.2) is 42.9 Å². The molecule has 164 valence electrons. The number of hydrogen-bond donors (Lipinski definition) is 3. The summed E-state index contributed by atoms with van der Waals surface area (Å²) in [5.41, 5.74) is 10.8. The van der Waals surface area contributed by atoms with Crippen molar-refractivity contribution in [2.24, 2.45) is 0 Å². The Balaban J connectivity index is 1.58.